The summed E-state index contributed by atoms with van der Waals surface area (Å²) in [6.07, 6.45) is 0. The summed E-state index contributed by atoms with van der Waals surface area (Å²) in [7, 11) is 1.65. The molecule has 1 amide bonds. The van der Waals surface area contributed by atoms with Gasteiger partial charge in [-0.3, -0.25) is 14.2 Å². The molecule has 0 N–H and O–H groups in total. The van der Waals surface area contributed by atoms with Crippen LogP contribution in [0.25, 0.3) is 16.6 Å². The molecule has 0 aliphatic carbocycles. The molecule has 0 aliphatic rings. The summed E-state index contributed by atoms with van der Waals surface area (Å²) in [5.74, 6) is 0.0888. The lowest BCUT2D eigenvalue weighted by Gasteiger charge is -2.28. The molecule has 3 aromatic carbocycles. The number of carbonyl (C=O) groups is 1. The summed E-state index contributed by atoms with van der Waals surface area (Å²) in [5.41, 5.74) is 1.97. The summed E-state index contributed by atoms with van der Waals surface area (Å²) in [6, 6.07) is 16.6. The fraction of sp³-hybridized carbons (Fsp3) is 0.160. The third-order valence-corrected chi connectivity index (χ3v) is 6.68. The number of rotatable bonds is 4. The van der Waals surface area contributed by atoms with Gasteiger partial charge in [-0.2, -0.15) is 0 Å². The van der Waals surface area contributed by atoms with E-state index < -0.39 is 6.04 Å². The molecule has 0 bridgehead atoms. The monoisotopic (exact) mass is 499 g/mol. The molecule has 0 saturated heterocycles. The number of hydrogen-bond donors (Lipinski definition) is 0. The van der Waals surface area contributed by atoms with Crippen LogP contribution in [0.1, 0.15) is 34.7 Å². The van der Waals surface area contributed by atoms with Gasteiger partial charge >= 0.3 is 0 Å². The quantitative estimate of drug-likeness (QED) is 0.322. The first-order valence-corrected chi connectivity index (χ1v) is 11.3. The SMILES string of the molecule is Cc1c(Cl)cccc1-n1c(C(C)N(C)C(=O)c2ccc(Cl)cc2Cl)nc2ccccc2c1=O. The molecule has 4 aromatic rings. The van der Waals surface area contributed by atoms with Crippen LogP contribution in [0, 0.1) is 6.92 Å². The van der Waals surface area contributed by atoms with Crippen LogP contribution in [0.3, 0.4) is 0 Å². The highest BCUT2D eigenvalue weighted by molar-refractivity contribution is 6.36. The molecule has 0 radical (unpaired) electrons. The number of nitrogens with zero attached hydrogens (tertiary/aromatic N) is 3. The lowest BCUT2D eigenvalue weighted by Crippen LogP contribution is -2.35. The summed E-state index contributed by atoms with van der Waals surface area (Å²) in [4.78, 5) is 33.2. The van der Waals surface area contributed by atoms with E-state index in [1.54, 1.807) is 49.5 Å². The highest BCUT2D eigenvalue weighted by atomic mass is 35.5. The van der Waals surface area contributed by atoms with E-state index in [2.05, 4.69) is 0 Å². The normalized spacial score (nSPS) is 12.1. The van der Waals surface area contributed by atoms with Crippen molar-refractivity contribution in [1.82, 2.24) is 14.5 Å². The molecular weight excluding hydrogens is 481 g/mol. The molecular formula is C25H20Cl3N3O2. The molecule has 33 heavy (non-hydrogen) atoms. The van der Waals surface area contributed by atoms with Crippen LogP contribution in [0.2, 0.25) is 15.1 Å². The molecule has 0 fully saturated rings. The molecule has 1 heterocycles. The molecule has 8 heteroatoms. The number of aromatic nitrogens is 2. The first-order chi connectivity index (χ1) is 15.7. The van der Waals surface area contributed by atoms with Crippen LogP contribution in [0.4, 0.5) is 0 Å². The third kappa shape index (κ3) is 4.24. The summed E-state index contributed by atoms with van der Waals surface area (Å²) >= 11 is 18.6. The van der Waals surface area contributed by atoms with E-state index in [-0.39, 0.29) is 16.5 Å². The van der Waals surface area contributed by atoms with E-state index >= 15 is 0 Å². The molecule has 4 rings (SSSR count). The van der Waals surface area contributed by atoms with Gasteiger partial charge in [-0.15, -0.1) is 0 Å². The van der Waals surface area contributed by atoms with Crippen molar-refractivity contribution < 1.29 is 4.79 Å². The zero-order valence-electron chi connectivity index (χ0n) is 18.1. The van der Waals surface area contributed by atoms with Crippen molar-refractivity contribution in [2.45, 2.75) is 19.9 Å². The van der Waals surface area contributed by atoms with Crippen LogP contribution >= 0.6 is 34.8 Å². The van der Waals surface area contributed by atoms with Gasteiger partial charge in [0.05, 0.1) is 33.2 Å². The van der Waals surface area contributed by atoms with Gasteiger partial charge < -0.3 is 4.90 Å². The van der Waals surface area contributed by atoms with Crippen LogP contribution < -0.4 is 5.56 Å². The van der Waals surface area contributed by atoms with Crippen molar-refractivity contribution in [2.75, 3.05) is 7.05 Å². The Morgan fingerprint density at radius 1 is 1.00 bits per heavy atom. The van der Waals surface area contributed by atoms with Gasteiger partial charge in [-0.25, -0.2) is 4.98 Å². The Bertz CT molecular complexity index is 1450. The minimum Gasteiger partial charge on any atom is -0.332 e. The summed E-state index contributed by atoms with van der Waals surface area (Å²) < 4.78 is 1.53. The second kappa shape index (κ2) is 9.18. The number of amides is 1. The minimum absolute atomic E-state index is 0.238. The molecule has 1 atom stereocenters. The maximum Gasteiger partial charge on any atom is 0.266 e. The van der Waals surface area contributed by atoms with Crippen molar-refractivity contribution in [3.63, 3.8) is 0 Å². The number of hydrogen-bond acceptors (Lipinski definition) is 3. The number of para-hydroxylation sites is 1. The molecule has 0 aliphatic heterocycles. The lowest BCUT2D eigenvalue weighted by atomic mass is 10.1. The first-order valence-electron chi connectivity index (χ1n) is 10.2. The summed E-state index contributed by atoms with van der Waals surface area (Å²) in [5, 5.41) is 1.70. The number of fused-ring (bicyclic) bond motifs is 1. The maximum absolute atomic E-state index is 13.6. The molecule has 5 nitrogen and oxygen atoms in total. The highest BCUT2D eigenvalue weighted by Crippen LogP contribution is 2.29. The largest absolute Gasteiger partial charge is 0.332 e. The first kappa shape index (κ1) is 23.3. The van der Waals surface area contributed by atoms with E-state index in [9.17, 15) is 9.59 Å². The van der Waals surface area contributed by atoms with Gasteiger partial charge in [0.15, 0.2) is 0 Å². The van der Waals surface area contributed by atoms with E-state index in [1.807, 2.05) is 26.0 Å². The maximum atomic E-state index is 13.6. The Morgan fingerprint density at radius 3 is 2.45 bits per heavy atom. The van der Waals surface area contributed by atoms with Crippen LogP contribution in [0.15, 0.2) is 65.5 Å². The van der Waals surface area contributed by atoms with Crippen LogP contribution in [-0.4, -0.2) is 27.4 Å². The van der Waals surface area contributed by atoms with Crippen molar-refractivity contribution in [2.24, 2.45) is 0 Å². The molecule has 0 spiro atoms. The Kier molecular flexibility index (Phi) is 6.48. The molecule has 1 unspecified atom stereocenters. The average Bonchev–Trinajstić information content (AvgIpc) is 2.80. The van der Waals surface area contributed by atoms with Crippen LogP contribution in [-0.2, 0) is 0 Å². The zero-order valence-corrected chi connectivity index (χ0v) is 20.4. The fourth-order valence-electron chi connectivity index (χ4n) is 3.70. The van der Waals surface area contributed by atoms with Crippen molar-refractivity contribution in [1.29, 1.82) is 0 Å². The number of carbonyl (C=O) groups excluding carboxylic acids is 1. The third-order valence-electron chi connectivity index (χ3n) is 5.72. The van der Waals surface area contributed by atoms with E-state index in [0.29, 0.717) is 38.0 Å². The number of halogens is 3. The van der Waals surface area contributed by atoms with Gasteiger partial charge in [0.2, 0.25) is 0 Å². The van der Waals surface area contributed by atoms with E-state index in [1.165, 1.54) is 15.5 Å². The van der Waals surface area contributed by atoms with Gasteiger partial charge in [0, 0.05) is 17.1 Å². The van der Waals surface area contributed by atoms with Gasteiger partial charge in [-0.05, 0) is 61.9 Å². The van der Waals surface area contributed by atoms with Crippen molar-refractivity contribution in [3.8, 4) is 5.69 Å². The second-order valence-corrected chi connectivity index (χ2v) is 8.98. The van der Waals surface area contributed by atoms with Gasteiger partial charge in [0.25, 0.3) is 11.5 Å². The van der Waals surface area contributed by atoms with Gasteiger partial charge in [0.1, 0.15) is 5.82 Å². The minimum atomic E-state index is -0.570. The Hall–Kier alpha value is -2.86. The summed E-state index contributed by atoms with van der Waals surface area (Å²) in [6.45, 7) is 3.66. The molecule has 0 saturated carbocycles. The molecule has 1 aromatic heterocycles. The van der Waals surface area contributed by atoms with Gasteiger partial charge in [-0.1, -0.05) is 53.0 Å². The topological polar surface area (TPSA) is 55.2 Å². The van der Waals surface area contributed by atoms with Crippen molar-refractivity contribution >= 4 is 51.6 Å². The smallest absolute Gasteiger partial charge is 0.266 e. The zero-order chi connectivity index (χ0) is 23.9. The highest BCUT2D eigenvalue weighted by Gasteiger charge is 2.26. The fourth-order valence-corrected chi connectivity index (χ4v) is 4.36. The molecule has 168 valence electrons. The van der Waals surface area contributed by atoms with Crippen LogP contribution in [0.5, 0.6) is 0 Å². The van der Waals surface area contributed by atoms with Crippen molar-refractivity contribution in [3.05, 3.63) is 103 Å². The lowest BCUT2D eigenvalue weighted by molar-refractivity contribution is 0.0735. The van der Waals surface area contributed by atoms with E-state index in [0.717, 1.165) is 5.56 Å². The Labute approximate surface area is 206 Å². The Balaban J connectivity index is 1.91. The average molecular weight is 501 g/mol. The van der Waals surface area contributed by atoms with E-state index in [4.69, 9.17) is 39.8 Å². The Morgan fingerprint density at radius 2 is 1.73 bits per heavy atom. The number of benzene rings is 3. The predicted molar refractivity (Wildman–Crippen MR) is 134 cm³/mol. The standard InChI is InChI=1S/C25H20Cl3N3O2/c1-14-19(27)8-6-10-22(14)31-23(29-21-9-5-4-7-18(21)25(31)33)15(2)30(3)24(32)17-12-11-16(26)13-20(17)28/h4-13,15H,1-3H3. The second-order valence-electron chi connectivity index (χ2n) is 7.73. The predicted octanol–water partition coefficient (Wildman–Crippen LogP) is 6.49.